The standard InChI is InChI=1S/C14H17NO4/c1-9-8-12(16)14(17)13-10(4-2-6-11(9)13)5-3-7-15(18)19/h2,4,8,10,16-17H,3,5-7H2,1H3/t10-/m1/s1. The molecule has 102 valence electrons. The maximum Gasteiger partial charge on any atom is 0.203 e. The van der Waals surface area contributed by atoms with Crippen molar-refractivity contribution in [1.29, 1.82) is 0 Å². The molecule has 0 aliphatic heterocycles. The van der Waals surface area contributed by atoms with E-state index in [-0.39, 0.29) is 28.9 Å². The first kappa shape index (κ1) is 13.4. The molecule has 0 spiro atoms. The van der Waals surface area contributed by atoms with Crippen LogP contribution in [-0.4, -0.2) is 21.7 Å². The van der Waals surface area contributed by atoms with Gasteiger partial charge in [-0.05, 0) is 37.0 Å². The normalized spacial score (nSPS) is 17.2. The zero-order chi connectivity index (χ0) is 14.0. The van der Waals surface area contributed by atoms with E-state index in [1.165, 1.54) is 0 Å². The van der Waals surface area contributed by atoms with Gasteiger partial charge in [0.2, 0.25) is 6.54 Å². The van der Waals surface area contributed by atoms with Gasteiger partial charge in [0.05, 0.1) is 0 Å². The van der Waals surface area contributed by atoms with Crippen molar-refractivity contribution >= 4 is 0 Å². The van der Waals surface area contributed by atoms with Gasteiger partial charge in [0.15, 0.2) is 11.5 Å². The van der Waals surface area contributed by atoms with E-state index in [1.54, 1.807) is 6.07 Å². The quantitative estimate of drug-likeness (QED) is 0.378. The van der Waals surface area contributed by atoms with E-state index in [0.29, 0.717) is 12.8 Å². The molecular formula is C14H17NO4. The highest BCUT2D eigenvalue weighted by Crippen LogP contribution is 2.43. The molecule has 0 saturated heterocycles. The minimum Gasteiger partial charge on any atom is -0.504 e. The van der Waals surface area contributed by atoms with Crippen molar-refractivity contribution in [2.45, 2.75) is 32.1 Å². The SMILES string of the molecule is Cc1cc(O)c(O)c2c1CC=C[C@@H]2CCC[N+](=O)[O-]. The van der Waals surface area contributed by atoms with Crippen LogP contribution in [0.15, 0.2) is 18.2 Å². The highest BCUT2D eigenvalue weighted by Gasteiger charge is 2.24. The molecular weight excluding hydrogens is 246 g/mol. The van der Waals surface area contributed by atoms with Crippen LogP contribution in [0.5, 0.6) is 11.5 Å². The van der Waals surface area contributed by atoms with Gasteiger partial charge in [0.25, 0.3) is 0 Å². The summed E-state index contributed by atoms with van der Waals surface area (Å²) in [6.07, 6.45) is 5.75. The number of phenolic OH excluding ortho intramolecular Hbond substituents is 2. The molecule has 1 aliphatic carbocycles. The monoisotopic (exact) mass is 263 g/mol. The van der Waals surface area contributed by atoms with Gasteiger partial charge in [-0.15, -0.1) is 0 Å². The Labute approximate surface area is 111 Å². The van der Waals surface area contributed by atoms with Gasteiger partial charge in [-0.3, -0.25) is 10.1 Å². The summed E-state index contributed by atoms with van der Waals surface area (Å²) in [6.45, 7) is 1.82. The van der Waals surface area contributed by atoms with Gasteiger partial charge in [0.1, 0.15) is 0 Å². The Bertz CT molecular complexity index is 537. The third kappa shape index (κ3) is 2.70. The van der Waals surface area contributed by atoms with E-state index in [0.717, 1.165) is 23.1 Å². The number of hydrogen-bond donors (Lipinski definition) is 2. The number of phenols is 2. The van der Waals surface area contributed by atoms with Crippen LogP contribution in [0.25, 0.3) is 0 Å². The first-order valence-corrected chi connectivity index (χ1v) is 6.33. The average molecular weight is 263 g/mol. The Hall–Kier alpha value is -2.04. The summed E-state index contributed by atoms with van der Waals surface area (Å²) in [5, 5.41) is 30.1. The number of allylic oxidation sites excluding steroid dienone is 2. The lowest BCUT2D eigenvalue weighted by Crippen LogP contribution is -2.09. The van der Waals surface area contributed by atoms with Crippen LogP contribution in [0.2, 0.25) is 0 Å². The van der Waals surface area contributed by atoms with Crippen LogP contribution < -0.4 is 0 Å². The lowest BCUT2D eigenvalue weighted by atomic mass is 9.82. The molecule has 5 nitrogen and oxygen atoms in total. The Kier molecular flexibility index (Phi) is 3.74. The molecule has 2 N–H and O–H groups in total. The fraction of sp³-hybridized carbons (Fsp3) is 0.429. The van der Waals surface area contributed by atoms with Gasteiger partial charge < -0.3 is 10.2 Å². The Morgan fingerprint density at radius 1 is 1.47 bits per heavy atom. The first-order chi connectivity index (χ1) is 9.00. The zero-order valence-corrected chi connectivity index (χ0v) is 10.8. The van der Waals surface area contributed by atoms with Crippen molar-refractivity contribution in [3.63, 3.8) is 0 Å². The molecule has 2 rings (SSSR count). The summed E-state index contributed by atoms with van der Waals surface area (Å²) >= 11 is 0. The van der Waals surface area contributed by atoms with Gasteiger partial charge in [0, 0.05) is 22.8 Å². The fourth-order valence-corrected chi connectivity index (χ4v) is 2.65. The number of rotatable bonds is 4. The number of nitro groups is 1. The summed E-state index contributed by atoms with van der Waals surface area (Å²) in [4.78, 5) is 10.0. The maximum atomic E-state index is 10.4. The summed E-state index contributed by atoms with van der Waals surface area (Å²) in [6, 6.07) is 1.56. The van der Waals surface area contributed by atoms with Crippen molar-refractivity contribution in [1.82, 2.24) is 0 Å². The van der Waals surface area contributed by atoms with E-state index < -0.39 is 0 Å². The Morgan fingerprint density at radius 3 is 2.89 bits per heavy atom. The summed E-state index contributed by atoms with van der Waals surface area (Å²) in [5.41, 5.74) is 2.68. The molecule has 0 radical (unpaired) electrons. The van der Waals surface area contributed by atoms with E-state index in [4.69, 9.17) is 0 Å². The van der Waals surface area contributed by atoms with Crippen LogP contribution in [0.4, 0.5) is 0 Å². The summed E-state index contributed by atoms with van der Waals surface area (Å²) in [5.74, 6) is -0.267. The van der Waals surface area contributed by atoms with Crippen molar-refractivity contribution in [2.75, 3.05) is 6.54 Å². The molecule has 5 heteroatoms. The Balaban J connectivity index is 2.27. The first-order valence-electron chi connectivity index (χ1n) is 6.33. The van der Waals surface area contributed by atoms with E-state index >= 15 is 0 Å². The minimum atomic E-state index is -0.332. The second kappa shape index (κ2) is 5.30. The van der Waals surface area contributed by atoms with Crippen molar-refractivity contribution < 1.29 is 15.1 Å². The molecule has 0 saturated carbocycles. The molecule has 0 fully saturated rings. The number of aromatic hydroxyl groups is 2. The molecule has 1 aromatic rings. The van der Waals surface area contributed by atoms with E-state index in [2.05, 4.69) is 0 Å². The van der Waals surface area contributed by atoms with Crippen LogP contribution >= 0.6 is 0 Å². The maximum absolute atomic E-state index is 10.4. The van der Waals surface area contributed by atoms with Crippen molar-refractivity contribution in [2.24, 2.45) is 0 Å². The second-order valence-electron chi connectivity index (χ2n) is 4.89. The third-order valence-corrected chi connectivity index (χ3v) is 3.57. The predicted molar refractivity (Wildman–Crippen MR) is 71.2 cm³/mol. The van der Waals surface area contributed by atoms with Crippen LogP contribution in [0.3, 0.4) is 0 Å². The third-order valence-electron chi connectivity index (χ3n) is 3.57. The summed E-state index contributed by atoms with van der Waals surface area (Å²) in [7, 11) is 0. The smallest absolute Gasteiger partial charge is 0.203 e. The van der Waals surface area contributed by atoms with E-state index in [1.807, 2.05) is 19.1 Å². The van der Waals surface area contributed by atoms with Crippen molar-refractivity contribution in [3.8, 4) is 11.5 Å². The highest BCUT2D eigenvalue weighted by molar-refractivity contribution is 5.57. The molecule has 0 aromatic heterocycles. The van der Waals surface area contributed by atoms with Crippen LogP contribution in [-0.2, 0) is 6.42 Å². The molecule has 0 bridgehead atoms. The van der Waals surface area contributed by atoms with Gasteiger partial charge >= 0.3 is 0 Å². The summed E-state index contributed by atoms with van der Waals surface area (Å²) < 4.78 is 0. The number of aryl methyl sites for hydroxylation is 1. The van der Waals surface area contributed by atoms with Gasteiger partial charge in [-0.1, -0.05) is 12.2 Å². The molecule has 1 aromatic carbocycles. The largest absolute Gasteiger partial charge is 0.504 e. The lowest BCUT2D eigenvalue weighted by Gasteiger charge is -2.24. The molecule has 1 aliphatic rings. The zero-order valence-electron chi connectivity index (χ0n) is 10.8. The second-order valence-corrected chi connectivity index (χ2v) is 4.89. The molecule has 1 atom stereocenters. The highest BCUT2D eigenvalue weighted by atomic mass is 16.6. The predicted octanol–water partition coefficient (Wildman–Crippen LogP) is 2.66. The van der Waals surface area contributed by atoms with Crippen molar-refractivity contribution in [3.05, 3.63) is 45.0 Å². The van der Waals surface area contributed by atoms with Crippen LogP contribution in [0.1, 0.15) is 35.4 Å². The van der Waals surface area contributed by atoms with Gasteiger partial charge in [-0.2, -0.15) is 0 Å². The lowest BCUT2D eigenvalue weighted by molar-refractivity contribution is -0.480. The van der Waals surface area contributed by atoms with Crippen LogP contribution in [0, 0.1) is 17.0 Å². The Morgan fingerprint density at radius 2 is 2.21 bits per heavy atom. The van der Waals surface area contributed by atoms with E-state index in [9.17, 15) is 20.3 Å². The molecule has 0 amide bonds. The fourth-order valence-electron chi connectivity index (χ4n) is 2.65. The number of hydrogen-bond acceptors (Lipinski definition) is 4. The molecule has 19 heavy (non-hydrogen) atoms. The minimum absolute atomic E-state index is 0.0606. The van der Waals surface area contributed by atoms with Gasteiger partial charge in [-0.25, -0.2) is 0 Å². The number of fused-ring (bicyclic) bond motifs is 1. The topological polar surface area (TPSA) is 83.6 Å². The number of nitrogens with zero attached hydrogens (tertiary/aromatic N) is 1. The molecule has 0 heterocycles. The average Bonchev–Trinajstić information content (AvgIpc) is 2.35. The number of benzene rings is 1. The molecule has 0 unspecified atom stereocenters.